The number of methoxy groups -OCH3 is 1. The highest BCUT2D eigenvalue weighted by molar-refractivity contribution is 6.06. The average molecular weight is 262 g/mol. The summed E-state index contributed by atoms with van der Waals surface area (Å²) in [7, 11) is 1.61. The molecule has 2 saturated heterocycles. The molecule has 102 valence electrons. The number of β-lactam (4-membered cyclic amide) rings is 1. The molecule has 3 rings (SSSR count). The van der Waals surface area contributed by atoms with Gasteiger partial charge in [0.05, 0.1) is 19.3 Å². The van der Waals surface area contributed by atoms with Crippen molar-refractivity contribution in [1.82, 2.24) is 5.32 Å². The molecule has 0 bridgehead atoms. The SMILES string of the molecule is COc1ccc(N2C(=O)[C@@H]3N[C@H](C)C[C@@H](O)[C@@H]32)cc1. The molecule has 19 heavy (non-hydrogen) atoms. The molecular formula is C14H18N2O3. The van der Waals surface area contributed by atoms with Crippen LogP contribution in [0.3, 0.4) is 0 Å². The van der Waals surface area contributed by atoms with E-state index in [9.17, 15) is 9.90 Å². The van der Waals surface area contributed by atoms with Crippen molar-refractivity contribution in [2.45, 2.75) is 37.6 Å². The van der Waals surface area contributed by atoms with Crippen LogP contribution in [0.5, 0.6) is 5.75 Å². The molecule has 0 spiro atoms. The van der Waals surface area contributed by atoms with E-state index in [1.54, 1.807) is 12.0 Å². The Balaban J connectivity index is 1.83. The molecule has 2 aliphatic rings. The number of aliphatic hydroxyl groups excluding tert-OH is 1. The van der Waals surface area contributed by atoms with Crippen molar-refractivity contribution in [3.8, 4) is 5.75 Å². The van der Waals surface area contributed by atoms with E-state index in [0.29, 0.717) is 6.42 Å². The molecule has 1 amide bonds. The monoisotopic (exact) mass is 262 g/mol. The molecule has 0 radical (unpaired) electrons. The Hall–Kier alpha value is -1.59. The maximum atomic E-state index is 12.2. The fourth-order valence-corrected chi connectivity index (χ4v) is 2.99. The van der Waals surface area contributed by atoms with Crippen molar-refractivity contribution in [3.05, 3.63) is 24.3 Å². The van der Waals surface area contributed by atoms with Gasteiger partial charge in [0.2, 0.25) is 5.91 Å². The summed E-state index contributed by atoms with van der Waals surface area (Å²) in [5, 5.41) is 13.4. The molecular weight excluding hydrogens is 244 g/mol. The van der Waals surface area contributed by atoms with Crippen molar-refractivity contribution in [2.24, 2.45) is 0 Å². The summed E-state index contributed by atoms with van der Waals surface area (Å²) in [6.45, 7) is 1.99. The van der Waals surface area contributed by atoms with E-state index >= 15 is 0 Å². The standard InChI is InChI=1S/C14H18N2O3/c1-8-7-11(17)13-12(15-8)14(18)16(13)9-3-5-10(19-2)6-4-9/h3-6,8,11-13,15,17H,7H2,1-2H3/t8-,11-,12-,13+/m1/s1. The lowest BCUT2D eigenvalue weighted by molar-refractivity contribution is -0.132. The lowest BCUT2D eigenvalue weighted by Crippen LogP contribution is -2.77. The predicted molar refractivity (Wildman–Crippen MR) is 71.3 cm³/mol. The van der Waals surface area contributed by atoms with Crippen LogP contribution in [0.15, 0.2) is 24.3 Å². The summed E-state index contributed by atoms with van der Waals surface area (Å²) in [5.41, 5.74) is 0.808. The highest BCUT2D eigenvalue weighted by Crippen LogP contribution is 2.35. The molecule has 0 aliphatic carbocycles. The lowest BCUT2D eigenvalue weighted by Gasteiger charge is -2.53. The number of amides is 1. The van der Waals surface area contributed by atoms with Gasteiger partial charge in [-0.3, -0.25) is 4.79 Å². The quantitative estimate of drug-likeness (QED) is 0.763. The third kappa shape index (κ3) is 1.89. The zero-order valence-corrected chi connectivity index (χ0v) is 11.0. The number of aliphatic hydroxyl groups is 1. The van der Waals surface area contributed by atoms with Crippen molar-refractivity contribution in [3.63, 3.8) is 0 Å². The van der Waals surface area contributed by atoms with Crippen molar-refractivity contribution >= 4 is 11.6 Å². The van der Waals surface area contributed by atoms with Gasteiger partial charge in [-0.15, -0.1) is 0 Å². The summed E-state index contributed by atoms with van der Waals surface area (Å²) < 4.78 is 5.10. The number of carbonyl (C=O) groups is 1. The number of rotatable bonds is 2. The summed E-state index contributed by atoms with van der Waals surface area (Å²) >= 11 is 0. The Bertz CT molecular complexity index is 488. The van der Waals surface area contributed by atoms with Crippen LogP contribution in [0.1, 0.15) is 13.3 Å². The van der Waals surface area contributed by atoms with Gasteiger partial charge in [-0.25, -0.2) is 0 Å². The zero-order chi connectivity index (χ0) is 13.6. The number of carbonyl (C=O) groups excluding carboxylic acids is 1. The van der Waals surface area contributed by atoms with Crippen molar-refractivity contribution < 1.29 is 14.6 Å². The normalized spacial score (nSPS) is 33.6. The molecule has 0 saturated carbocycles. The van der Waals surface area contributed by atoms with Gasteiger partial charge in [-0.2, -0.15) is 0 Å². The molecule has 2 fully saturated rings. The Labute approximate surface area is 112 Å². The second-order valence-corrected chi connectivity index (χ2v) is 5.25. The molecule has 1 aromatic rings. The van der Waals surface area contributed by atoms with Gasteiger partial charge >= 0.3 is 0 Å². The van der Waals surface area contributed by atoms with Gasteiger partial charge in [-0.1, -0.05) is 0 Å². The van der Waals surface area contributed by atoms with Crippen LogP contribution in [0.4, 0.5) is 5.69 Å². The number of nitrogens with one attached hydrogen (secondary N) is 1. The fourth-order valence-electron chi connectivity index (χ4n) is 2.99. The number of fused-ring (bicyclic) bond motifs is 1. The van der Waals surface area contributed by atoms with E-state index < -0.39 is 6.10 Å². The molecule has 1 aromatic carbocycles. The van der Waals surface area contributed by atoms with E-state index in [1.165, 1.54) is 0 Å². The van der Waals surface area contributed by atoms with E-state index in [1.807, 2.05) is 31.2 Å². The Kier molecular flexibility index (Phi) is 2.95. The number of hydrogen-bond donors (Lipinski definition) is 2. The first-order valence-electron chi connectivity index (χ1n) is 6.53. The van der Waals surface area contributed by atoms with Gasteiger partial charge in [0.15, 0.2) is 0 Å². The summed E-state index contributed by atoms with van der Waals surface area (Å²) in [6, 6.07) is 7.11. The second-order valence-electron chi connectivity index (χ2n) is 5.25. The molecule has 2 N–H and O–H groups in total. The van der Waals surface area contributed by atoms with Crippen LogP contribution in [0.2, 0.25) is 0 Å². The third-order valence-corrected chi connectivity index (χ3v) is 3.95. The maximum absolute atomic E-state index is 12.2. The minimum Gasteiger partial charge on any atom is -0.497 e. The highest BCUT2D eigenvalue weighted by atomic mass is 16.5. The summed E-state index contributed by atoms with van der Waals surface area (Å²) in [6.07, 6.45) is 0.197. The van der Waals surface area contributed by atoms with Crippen LogP contribution in [0.25, 0.3) is 0 Å². The number of anilines is 1. The van der Waals surface area contributed by atoms with Crippen LogP contribution >= 0.6 is 0 Å². The largest absolute Gasteiger partial charge is 0.497 e. The Morgan fingerprint density at radius 1 is 1.37 bits per heavy atom. The second kappa shape index (κ2) is 4.51. The number of piperidine rings is 1. The fraction of sp³-hybridized carbons (Fsp3) is 0.500. The van der Waals surface area contributed by atoms with Crippen LogP contribution in [-0.2, 0) is 4.79 Å². The van der Waals surface area contributed by atoms with Gasteiger partial charge in [0, 0.05) is 11.7 Å². The maximum Gasteiger partial charge on any atom is 0.246 e. The smallest absolute Gasteiger partial charge is 0.246 e. The Morgan fingerprint density at radius 3 is 2.68 bits per heavy atom. The van der Waals surface area contributed by atoms with Crippen LogP contribution < -0.4 is 15.0 Å². The minimum atomic E-state index is -0.471. The first-order valence-corrected chi connectivity index (χ1v) is 6.53. The number of ether oxygens (including phenoxy) is 1. The first kappa shape index (κ1) is 12.4. The molecule has 2 heterocycles. The lowest BCUT2D eigenvalue weighted by atomic mass is 9.82. The van der Waals surface area contributed by atoms with E-state index in [4.69, 9.17) is 4.74 Å². The first-order chi connectivity index (χ1) is 9.11. The van der Waals surface area contributed by atoms with Crippen LogP contribution in [0, 0.1) is 0 Å². The number of hydrogen-bond acceptors (Lipinski definition) is 4. The van der Waals surface area contributed by atoms with Gasteiger partial charge in [-0.05, 0) is 37.6 Å². The Morgan fingerprint density at radius 2 is 2.05 bits per heavy atom. The molecule has 4 atom stereocenters. The topological polar surface area (TPSA) is 61.8 Å². The molecule has 5 heteroatoms. The van der Waals surface area contributed by atoms with Crippen LogP contribution in [-0.4, -0.2) is 42.4 Å². The molecule has 0 unspecified atom stereocenters. The summed E-state index contributed by atoms with van der Waals surface area (Å²) in [5.74, 6) is 0.782. The molecule has 2 aliphatic heterocycles. The van der Waals surface area contributed by atoms with Gasteiger partial charge < -0.3 is 20.1 Å². The predicted octanol–water partition coefficient (Wildman–Crippen LogP) is 0.522. The molecule has 0 aromatic heterocycles. The van der Waals surface area contributed by atoms with E-state index in [2.05, 4.69) is 5.32 Å². The summed E-state index contributed by atoms with van der Waals surface area (Å²) in [4.78, 5) is 13.8. The minimum absolute atomic E-state index is 0.0285. The zero-order valence-electron chi connectivity index (χ0n) is 11.0. The van der Waals surface area contributed by atoms with Crippen molar-refractivity contribution in [2.75, 3.05) is 12.0 Å². The molecule has 5 nitrogen and oxygen atoms in total. The number of benzene rings is 1. The van der Waals surface area contributed by atoms with Crippen molar-refractivity contribution in [1.29, 1.82) is 0 Å². The van der Waals surface area contributed by atoms with E-state index in [-0.39, 0.29) is 24.0 Å². The highest BCUT2D eigenvalue weighted by Gasteiger charge is 2.54. The van der Waals surface area contributed by atoms with Gasteiger partial charge in [0.1, 0.15) is 11.8 Å². The third-order valence-electron chi connectivity index (χ3n) is 3.95. The number of nitrogens with zero attached hydrogens (tertiary/aromatic N) is 1. The average Bonchev–Trinajstić information content (AvgIpc) is 2.41. The van der Waals surface area contributed by atoms with E-state index in [0.717, 1.165) is 11.4 Å². The van der Waals surface area contributed by atoms with Gasteiger partial charge in [0.25, 0.3) is 0 Å².